The molecule has 0 amide bonds. The summed E-state index contributed by atoms with van der Waals surface area (Å²) in [4.78, 5) is 0.173. The van der Waals surface area contributed by atoms with Gasteiger partial charge in [-0.15, -0.1) is 0 Å². The van der Waals surface area contributed by atoms with E-state index in [2.05, 4.69) is 4.72 Å². The third-order valence-electron chi connectivity index (χ3n) is 2.57. The maximum absolute atomic E-state index is 12.2. The van der Waals surface area contributed by atoms with Crippen molar-refractivity contribution in [3.63, 3.8) is 0 Å². The molecule has 0 atom stereocenters. The van der Waals surface area contributed by atoms with E-state index in [0.717, 1.165) is 5.56 Å². The van der Waals surface area contributed by atoms with Gasteiger partial charge in [0.2, 0.25) is 10.0 Å². The highest BCUT2D eigenvalue weighted by Crippen LogP contribution is 2.24. The fourth-order valence-corrected chi connectivity index (χ4v) is 2.92. The van der Waals surface area contributed by atoms with Crippen LogP contribution >= 0.6 is 0 Å². The minimum Gasteiger partial charge on any atom is -0.495 e. The molecule has 0 aliphatic rings. The summed E-state index contributed by atoms with van der Waals surface area (Å²) in [5.41, 5.74) is 0.871. The lowest BCUT2D eigenvalue weighted by molar-refractivity contribution is 0.146. The Morgan fingerprint density at radius 1 is 1.32 bits per heavy atom. The van der Waals surface area contributed by atoms with Crippen LogP contribution in [0.2, 0.25) is 0 Å². The Labute approximate surface area is 115 Å². The van der Waals surface area contributed by atoms with Gasteiger partial charge < -0.3 is 9.47 Å². The molecule has 0 saturated heterocycles. The van der Waals surface area contributed by atoms with Crippen molar-refractivity contribution < 1.29 is 17.9 Å². The van der Waals surface area contributed by atoms with Crippen molar-refractivity contribution in [2.24, 2.45) is 0 Å². The van der Waals surface area contributed by atoms with Gasteiger partial charge in [0, 0.05) is 19.8 Å². The van der Waals surface area contributed by atoms with E-state index >= 15 is 0 Å². The number of nitrogens with one attached hydrogen (secondary N) is 1. The maximum Gasteiger partial charge on any atom is 0.244 e. The van der Waals surface area contributed by atoms with Crippen molar-refractivity contribution in [2.75, 3.05) is 26.9 Å². The zero-order chi connectivity index (χ0) is 14.3. The summed E-state index contributed by atoms with van der Waals surface area (Å²) in [5.74, 6) is 0.350. The molecule has 0 aromatic heterocycles. The van der Waals surface area contributed by atoms with Crippen molar-refractivity contribution in [2.45, 2.75) is 25.2 Å². The van der Waals surface area contributed by atoms with Crippen LogP contribution in [0.1, 0.15) is 18.9 Å². The predicted molar refractivity (Wildman–Crippen MR) is 74.0 cm³/mol. The van der Waals surface area contributed by atoms with Crippen LogP contribution in [0.15, 0.2) is 23.1 Å². The molecule has 0 spiro atoms. The first kappa shape index (κ1) is 15.9. The van der Waals surface area contributed by atoms with Gasteiger partial charge >= 0.3 is 0 Å². The Balaban J connectivity index is 2.74. The molecule has 0 saturated carbocycles. The summed E-state index contributed by atoms with van der Waals surface area (Å²) in [6.07, 6.45) is 0.640. The molecule has 1 N–H and O–H groups in total. The summed E-state index contributed by atoms with van der Waals surface area (Å²) in [6.45, 7) is 5.27. The van der Waals surface area contributed by atoms with E-state index in [4.69, 9.17) is 9.47 Å². The zero-order valence-electron chi connectivity index (χ0n) is 11.6. The van der Waals surface area contributed by atoms with Gasteiger partial charge in [0.15, 0.2) is 0 Å². The van der Waals surface area contributed by atoms with Gasteiger partial charge in [-0.1, -0.05) is 6.07 Å². The lowest BCUT2D eigenvalue weighted by Gasteiger charge is -2.11. The molecule has 0 bridgehead atoms. The van der Waals surface area contributed by atoms with Gasteiger partial charge in [0.05, 0.1) is 7.11 Å². The summed E-state index contributed by atoms with van der Waals surface area (Å²) in [6, 6.07) is 5.07. The Bertz CT molecular complexity index is 499. The second-order valence-electron chi connectivity index (χ2n) is 4.10. The van der Waals surface area contributed by atoms with Gasteiger partial charge in [-0.25, -0.2) is 13.1 Å². The molecule has 0 aliphatic heterocycles. The van der Waals surface area contributed by atoms with Crippen molar-refractivity contribution in [1.29, 1.82) is 0 Å². The van der Waals surface area contributed by atoms with Crippen LogP contribution < -0.4 is 9.46 Å². The molecule has 0 fully saturated rings. The third-order valence-corrected chi connectivity index (χ3v) is 4.05. The van der Waals surface area contributed by atoms with E-state index in [9.17, 15) is 8.42 Å². The Morgan fingerprint density at radius 3 is 2.68 bits per heavy atom. The smallest absolute Gasteiger partial charge is 0.244 e. The van der Waals surface area contributed by atoms with Gasteiger partial charge in [-0.2, -0.15) is 0 Å². The summed E-state index contributed by atoms with van der Waals surface area (Å²) >= 11 is 0. The summed E-state index contributed by atoms with van der Waals surface area (Å²) in [7, 11) is -2.09. The summed E-state index contributed by atoms with van der Waals surface area (Å²) < 4.78 is 37.1. The molecule has 19 heavy (non-hydrogen) atoms. The first-order valence-electron chi connectivity index (χ1n) is 6.23. The van der Waals surface area contributed by atoms with Crippen molar-refractivity contribution in [3.8, 4) is 5.75 Å². The van der Waals surface area contributed by atoms with E-state index in [1.807, 2.05) is 19.9 Å². The quantitative estimate of drug-likeness (QED) is 0.739. The van der Waals surface area contributed by atoms with Gasteiger partial charge in [0.25, 0.3) is 0 Å². The highest BCUT2D eigenvalue weighted by Gasteiger charge is 2.18. The summed E-state index contributed by atoms with van der Waals surface area (Å²) in [5, 5.41) is 0. The van der Waals surface area contributed by atoms with Crippen LogP contribution in [0.5, 0.6) is 5.75 Å². The zero-order valence-corrected chi connectivity index (χ0v) is 12.4. The number of hydrogen-bond acceptors (Lipinski definition) is 4. The average Bonchev–Trinajstić information content (AvgIpc) is 2.38. The minimum atomic E-state index is -3.54. The van der Waals surface area contributed by atoms with Gasteiger partial charge in [0.1, 0.15) is 10.6 Å². The lowest BCUT2D eigenvalue weighted by Crippen LogP contribution is -2.26. The van der Waals surface area contributed by atoms with Crippen LogP contribution in [-0.4, -0.2) is 35.3 Å². The molecule has 0 radical (unpaired) electrons. The number of sulfonamides is 1. The Morgan fingerprint density at radius 2 is 2.05 bits per heavy atom. The van der Waals surface area contributed by atoms with Crippen molar-refractivity contribution in [3.05, 3.63) is 23.8 Å². The van der Waals surface area contributed by atoms with Crippen LogP contribution in [0, 0.1) is 6.92 Å². The number of rotatable bonds is 8. The van der Waals surface area contributed by atoms with Gasteiger partial charge in [-0.3, -0.25) is 0 Å². The first-order valence-corrected chi connectivity index (χ1v) is 7.71. The third kappa shape index (κ3) is 4.81. The van der Waals surface area contributed by atoms with Crippen LogP contribution in [0.3, 0.4) is 0 Å². The number of hydrogen-bond donors (Lipinski definition) is 1. The second kappa shape index (κ2) is 7.47. The fourth-order valence-electron chi connectivity index (χ4n) is 1.60. The van der Waals surface area contributed by atoms with E-state index in [0.29, 0.717) is 31.9 Å². The van der Waals surface area contributed by atoms with Gasteiger partial charge in [-0.05, 0) is 38.0 Å². The number of aryl methyl sites for hydroxylation is 1. The minimum absolute atomic E-state index is 0.173. The first-order chi connectivity index (χ1) is 9.01. The molecule has 1 aromatic rings. The van der Waals surface area contributed by atoms with E-state index in [1.165, 1.54) is 7.11 Å². The molecule has 1 aromatic carbocycles. The molecular formula is C13H21NO4S. The average molecular weight is 287 g/mol. The Kier molecular flexibility index (Phi) is 6.27. The van der Waals surface area contributed by atoms with Crippen molar-refractivity contribution >= 4 is 10.0 Å². The van der Waals surface area contributed by atoms with E-state index in [1.54, 1.807) is 12.1 Å². The van der Waals surface area contributed by atoms with Crippen LogP contribution in [0.4, 0.5) is 0 Å². The fraction of sp³-hybridized carbons (Fsp3) is 0.538. The number of benzene rings is 1. The van der Waals surface area contributed by atoms with Crippen LogP contribution in [-0.2, 0) is 14.8 Å². The largest absolute Gasteiger partial charge is 0.495 e. The standard InChI is InChI=1S/C13H21NO4S/c1-4-18-9-5-8-14-19(15,16)13-10-11(2)6-7-12(13)17-3/h6-7,10,14H,4-5,8-9H2,1-3H3. The van der Waals surface area contributed by atoms with E-state index < -0.39 is 10.0 Å². The normalized spacial score (nSPS) is 11.5. The molecule has 0 heterocycles. The molecule has 0 unspecified atom stereocenters. The van der Waals surface area contributed by atoms with E-state index in [-0.39, 0.29) is 4.90 Å². The molecule has 108 valence electrons. The molecule has 6 heteroatoms. The number of ether oxygens (including phenoxy) is 2. The second-order valence-corrected chi connectivity index (χ2v) is 5.84. The van der Waals surface area contributed by atoms with Crippen molar-refractivity contribution in [1.82, 2.24) is 4.72 Å². The van der Waals surface area contributed by atoms with Crippen LogP contribution in [0.25, 0.3) is 0 Å². The predicted octanol–water partition coefficient (Wildman–Crippen LogP) is 1.71. The monoisotopic (exact) mass is 287 g/mol. The lowest BCUT2D eigenvalue weighted by atomic mass is 10.2. The highest BCUT2D eigenvalue weighted by atomic mass is 32.2. The number of methoxy groups -OCH3 is 1. The molecule has 5 nitrogen and oxygen atoms in total. The topological polar surface area (TPSA) is 64.6 Å². The Hall–Kier alpha value is -1.11. The highest BCUT2D eigenvalue weighted by molar-refractivity contribution is 7.89. The SMILES string of the molecule is CCOCCCNS(=O)(=O)c1cc(C)ccc1OC. The molecular weight excluding hydrogens is 266 g/mol. The molecule has 0 aliphatic carbocycles. The maximum atomic E-state index is 12.2. The molecule has 1 rings (SSSR count).